The van der Waals surface area contributed by atoms with E-state index in [1.165, 1.54) is 11.8 Å². The number of rotatable bonds is 8. The van der Waals surface area contributed by atoms with E-state index in [0.29, 0.717) is 13.0 Å². The SMILES string of the molecule is CCNC(=NCCCS(C)(=O)=O)NCCc1ccccc1.I. The van der Waals surface area contributed by atoms with Crippen molar-refractivity contribution >= 4 is 39.8 Å². The van der Waals surface area contributed by atoms with Crippen LogP contribution in [0.25, 0.3) is 0 Å². The van der Waals surface area contributed by atoms with Crippen LogP contribution in [0.4, 0.5) is 0 Å². The molecule has 1 aromatic carbocycles. The summed E-state index contributed by atoms with van der Waals surface area (Å²) < 4.78 is 22.1. The maximum atomic E-state index is 11.1. The van der Waals surface area contributed by atoms with Crippen LogP contribution in [0.5, 0.6) is 0 Å². The van der Waals surface area contributed by atoms with Crippen molar-refractivity contribution in [3.05, 3.63) is 35.9 Å². The number of aliphatic imine (C=N–C) groups is 1. The summed E-state index contributed by atoms with van der Waals surface area (Å²) >= 11 is 0. The van der Waals surface area contributed by atoms with E-state index in [0.717, 1.165) is 25.5 Å². The number of guanidine groups is 1. The van der Waals surface area contributed by atoms with Gasteiger partial charge in [0.05, 0.1) is 5.75 Å². The van der Waals surface area contributed by atoms with E-state index in [4.69, 9.17) is 0 Å². The lowest BCUT2D eigenvalue weighted by atomic mass is 10.1. The summed E-state index contributed by atoms with van der Waals surface area (Å²) in [6.45, 7) is 4.09. The van der Waals surface area contributed by atoms with E-state index in [1.54, 1.807) is 0 Å². The number of sulfone groups is 1. The van der Waals surface area contributed by atoms with Gasteiger partial charge in [-0.25, -0.2) is 8.42 Å². The van der Waals surface area contributed by atoms with E-state index >= 15 is 0 Å². The summed E-state index contributed by atoms with van der Waals surface area (Å²) in [6.07, 6.45) is 2.72. The lowest BCUT2D eigenvalue weighted by molar-refractivity contribution is 0.599. The quantitative estimate of drug-likeness (QED) is 0.281. The van der Waals surface area contributed by atoms with Gasteiger partial charge in [-0.1, -0.05) is 30.3 Å². The largest absolute Gasteiger partial charge is 0.357 e. The zero-order valence-electron chi connectivity index (χ0n) is 13.2. The molecule has 0 fully saturated rings. The molecule has 1 rings (SSSR count). The molecule has 0 aliphatic rings. The Kier molecular flexibility index (Phi) is 11.3. The van der Waals surface area contributed by atoms with E-state index < -0.39 is 9.84 Å². The molecule has 0 heterocycles. The fraction of sp³-hybridized carbons (Fsp3) is 0.533. The van der Waals surface area contributed by atoms with Gasteiger partial charge in [-0.15, -0.1) is 24.0 Å². The van der Waals surface area contributed by atoms with Crippen molar-refractivity contribution < 1.29 is 8.42 Å². The van der Waals surface area contributed by atoms with Crippen LogP contribution in [0.2, 0.25) is 0 Å². The maximum absolute atomic E-state index is 11.1. The van der Waals surface area contributed by atoms with Crippen LogP contribution in [-0.4, -0.2) is 46.0 Å². The van der Waals surface area contributed by atoms with Gasteiger partial charge in [-0.05, 0) is 25.3 Å². The van der Waals surface area contributed by atoms with E-state index in [2.05, 4.69) is 27.8 Å². The van der Waals surface area contributed by atoms with Gasteiger partial charge in [0, 0.05) is 25.9 Å². The first-order valence-corrected chi connectivity index (χ1v) is 9.31. The van der Waals surface area contributed by atoms with Gasteiger partial charge < -0.3 is 10.6 Å². The number of hydrogen-bond donors (Lipinski definition) is 2. The Balaban J connectivity index is 0.00000441. The molecule has 2 N–H and O–H groups in total. The minimum atomic E-state index is -2.90. The molecule has 0 spiro atoms. The van der Waals surface area contributed by atoms with Gasteiger partial charge in [-0.2, -0.15) is 0 Å². The fourth-order valence-electron chi connectivity index (χ4n) is 1.83. The smallest absolute Gasteiger partial charge is 0.191 e. The Labute approximate surface area is 150 Å². The second-order valence-corrected chi connectivity index (χ2v) is 7.17. The molecule has 22 heavy (non-hydrogen) atoms. The van der Waals surface area contributed by atoms with Crippen LogP contribution in [0.3, 0.4) is 0 Å². The predicted molar refractivity (Wildman–Crippen MR) is 104 cm³/mol. The third-order valence-electron chi connectivity index (χ3n) is 2.84. The Morgan fingerprint density at radius 1 is 1.18 bits per heavy atom. The molecule has 0 amide bonds. The summed E-state index contributed by atoms with van der Waals surface area (Å²) in [5.74, 6) is 0.918. The van der Waals surface area contributed by atoms with Crippen LogP contribution < -0.4 is 10.6 Å². The molecule has 0 aliphatic carbocycles. The van der Waals surface area contributed by atoms with Crippen molar-refractivity contribution in [2.45, 2.75) is 19.8 Å². The molecule has 1 aromatic rings. The molecule has 0 atom stereocenters. The minimum Gasteiger partial charge on any atom is -0.357 e. The second-order valence-electron chi connectivity index (χ2n) is 4.91. The Morgan fingerprint density at radius 3 is 2.45 bits per heavy atom. The van der Waals surface area contributed by atoms with Crippen LogP contribution in [0.15, 0.2) is 35.3 Å². The first-order chi connectivity index (χ1) is 10.0. The summed E-state index contributed by atoms with van der Waals surface area (Å²) in [5.41, 5.74) is 1.28. The highest BCUT2D eigenvalue weighted by atomic mass is 127. The zero-order valence-corrected chi connectivity index (χ0v) is 16.4. The molecule has 0 unspecified atom stereocenters. The molecule has 0 aromatic heterocycles. The Bertz CT molecular complexity index is 533. The molecule has 7 heteroatoms. The summed E-state index contributed by atoms with van der Waals surface area (Å²) in [4.78, 5) is 4.38. The van der Waals surface area contributed by atoms with Crippen molar-refractivity contribution in [1.29, 1.82) is 0 Å². The standard InChI is InChI=1S/C15H25N3O2S.HI/c1-3-16-15(17-11-7-13-21(2,19)20)18-12-10-14-8-5-4-6-9-14;/h4-6,8-9H,3,7,10-13H2,1-2H3,(H2,16,17,18);1H. The zero-order chi connectivity index (χ0) is 15.6. The van der Waals surface area contributed by atoms with Gasteiger partial charge in [0.1, 0.15) is 9.84 Å². The number of nitrogens with zero attached hydrogens (tertiary/aromatic N) is 1. The highest BCUT2D eigenvalue weighted by molar-refractivity contribution is 14.0. The monoisotopic (exact) mass is 439 g/mol. The summed E-state index contributed by atoms with van der Waals surface area (Å²) in [6, 6.07) is 10.2. The number of hydrogen-bond acceptors (Lipinski definition) is 3. The topological polar surface area (TPSA) is 70.6 Å². The van der Waals surface area contributed by atoms with Crippen molar-refractivity contribution in [2.24, 2.45) is 4.99 Å². The van der Waals surface area contributed by atoms with Gasteiger partial charge >= 0.3 is 0 Å². The van der Waals surface area contributed by atoms with Crippen LogP contribution >= 0.6 is 24.0 Å². The highest BCUT2D eigenvalue weighted by Crippen LogP contribution is 1.98. The Hall–Kier alpha value is -0.830. The third kappa shape index (κ3) is 10.8. The minimum absolute atomic E-state index is 0. The molecule has 0 saturated heterocycles. The first kappa shape index (κ1) is 21.2. The number of benzene rings is 1. The molecule has 126 valence electrons. The molecular formula is C15H26IN3O2S. The van der Waals surface area contributed by atoms with Gasteiger partial charge in [-0.3, -0.25) is 4.99 Å². The lowest BCUT2D eigenvalue weighted by Gasteiger charge is -2.11. The summed E-state index contributed by atoms with van der Waals surface area (Å²) in [7, 11) is -2.90. The van der Waals surface area contributed by atoms with Gasteiger partial charge in [0.2, 0.25) is 0 Å². The molecular weight excluding hydrogens is 413 g/mol. The van der Waals surface area contributed by atoms with Crippen LogP contribution in [-0.2, 0) is 16.3 Å². The van der Waals surface area contributed by atoms with Crippen LogP contribution in [0, 0.1) is 0 Å². The second kappa shape index (κ2) is 11.7. The number of nitrogens with one attached hydrogen (secondary N) is 2. The molecule has 0 aliphatic heterocycles. The fourth-order valence-corrected chi connectivity index (χ4v) is 2.48. The van der Waals surface area contributed by atoms with Crippen LogP contribution in [0.1, 0.15) is 18.9 Å². The van der Waals surface area contributed by atoms with Crippen molar-refractivity contribution in [3.63, 3.8) is 0 Å². The maximum Gasteiger partial charge on any atom is 0.191 e. The van der Waals surface area contributed by atoms with E-state index in [-0.39, 0.29) is 29.7 Å². The molecule has 5 nitrogen and oxygen atoms in total. The molecule has 0 radical (unpaired) electrons. The lowest BCUT2D eigenvalue weighted by Crippen LogP contribution is -2.38. The number of halogens is 1. The average Bonchev–Trinajstić information content (AvgIpc) is 2.43. The van der Waals surface area contributed by atoms with E-state index in [9.17, 15) is 8.42 Å². The van der Waals surface area contributed by atoms with Gasteiger partial charge in [0.25, 0.3) is 0 Å². The van der Waals surface area contributed by atoms with Crippen molar-refractivity contribution in [3.8, 4) is 0 Å². The molecule has 0 bridgehead atoms. The average molecular weight is 439 g/mol. The normalized spacial score (nSPS) is 11.6. The predicted octanol–water partition coefficient (Wildman–Crippen LogP) is 1.84. The van der Waals surface area contributed by atoms with Gasteiger partial charge in [0.15, 0.2) is 5.96 Å². The third-order valence-corrected chi connectivity index (χ3v) is 3.87. The van der Waals surface area contributed by atoms with E-state index in [1.807, 2.05) is 25.1 Å². The highest BCUT2D eigenvalue weighted by Gasteiger charge is 2.01. The summed E-state index contributed by atoms with van der Waals surface area (Å²) in [5, 5.41) is 6.41. The van der Waals surface area contributed by atoms with Crippen molar-refractivity contribution in [2.75, 3.05) is 31.6 Å². The van der Waals surface area contributed by atoms with Crippen molar-refractivity contribution in [1.82, 2.24) is 10.6 Å². The Morgan fingerprint density at radius 2 is 1.86 bits per heavy atom. The molecule has 0 saturated carbocycles. The first-order valence-electron chi connectivity index (χ1n) is 7.25.